The van der Waals surface area contributed by atoms with Crippen LogP contribution in [0.3, 0.4) is 0 Å². The van der Waals surface area contributed by atoms with Crippen molar-refractivity contribution in [3.8, 4) is 6.07 Å². The summed E-state index contributed by atoms with van der Waals surface area (Å²) >= 11 is 0. The number of carbonyl (C=O) groups excluding carboxylic acids is 1. The largest absolute Gasteiger partial charge is 0.324 e. The molecule has 2 aliphatic heterocycles. The van der Waals surface area contributed by atoms with Crippen LogP contribution in [0.5, 0.6) is 0 Å². The Bertz CT molecular complexity index is 954. The molecule has 0 aliphatic carbocycles. The van der Waals surface area contributed by atoms with E-state index in [9.17, 15) is 4.79 Å². The minimum absolute atomic E-state index is 0.100. The molecule has 3 heterocycles. The number of aromatic nitrogens is 1. The Hall–Kier alpha value is -2.91. The molecule has 156 valence electrons. The Kier molecular flexibility index (Phi) is 5.48. The van der Waals surface area contributed by atoms with E-state index in [2.05, 4.69) is 36.8 Å². The van der Waals surface area contributed by atoms with E-state index in [1.807, 2.05) is 52.4 Å². The zero-order valence-electron chi connectivity index (χ0n) is 18.0. The number of urea groups is 1. The van der Waals surface area contributed by atoms with Gasteiger partial charge >= 0.3 is 6.03 Å². The number of hydrogen-bond donors (Lipinski definition) is 0. The lowest BCUT2D eigenvalue weighted by molar-refractivity contribution is 0.133. The van der Waals surface area contributed by atoms with Crippen molar-refractivity contribution in [2.45, 2.75) is 44.7 Å². The van der Waals surface area contributed by atoms with Crippen LogP contribution in [-0.2, 0) is 12.0 Å². The fraction of sp³-hybridized carbons (Fsp3) is 0.458. The van der Waals surface area contributed by atoms with Gasteiger partial charge < -0.3 is 4.90 Å². The molecular weight excluding hydrogens is 374 g/mol. The summed E-state index contributed by atoms with van der Waals surface area (Å²) in [6.45, 7) is 7.37. The first-order valence-corrected chi connectivity index (χ1v) is 10.6. The number of nitrogens with zero attached hydrogens (tertiary/aromatic N) is 5. The second kappa shape index (κ2) is 8.08. The third-order valence-corrected chi connectivity index (χ3v) is 6.38. The highest BCUT2D eigenvalue weighted by molar-refractivity contribution is 5.94. The number of fused-ring (bicyclic) bond motifs is 1. The van der Waals surface area contributed by atoms with Gasteiger partial charge in [-0.1, -0.05) is 26.0 Å². The first-order chi connectivity index (χ1) is 14.4. The lowest BCUT2D eigenvalue weighted by atomic mass is 9.91. The number of carbonyl (C=O) groups is 1. The minimum Gasteiger partial charge on any atom is -0.324 e. The molecule has 6 nitrogen and oxygen atoms in total. The molecule has 0 N–H and O–H groups in total. The Morgan fingerprint density at radius 2 is 1.93 bits per heavy atom. The second-order valence-electron chi connectivity index (χ2n) is 9.07. The van der Waals surface area contributed by atoms with Crippen LogP contribution in [-0.4, -0.2) is 53.5 Å². The molecule has 0 unspecified atom stereocenters. The van der Waals surface area contributed by atoms with Crippen LogP contribution in [0.25, 0.3) is 0 Å². The van der Waals surface area contributed by atoms with Gasteiger partial charge in [-0.15, -0.1) is 0 Å². The summed E-state index contributed by atoms with van der Waals surface area (Å²) in [5, 5.41) is 8.95. The topological polar surface area (TPSA) is 63.5 Å². The zero-order valence-corrected chi connectivity index (χ0v) is 18.0. The van der Waals surface area contributed by atoms with Gasteiger partial charge in [0.2, 0.25) is 0 Å². The number of amides is 2. The minimum atomic E-state index is -0.119. The number of pyridine rings is 1. The maximum Gasteiger partial charge on any atom is 0.324 e. The van der Waals surface area contributed by atoms with Gasteiger partial charge in [-0.05, 0) is 49.7 Å². The van der Waals surface area contributed by atoms with Gasteiger partial charge in [0.25, 0.3) is 0 Å². The average Bonchev–Trinajstić information content (AvgIpc) is 3.05. The van der Waals surface area contributed by atoms with Gasteiger partial charge in [-0.2, -0.15) is 5.26 Å². The van der Waals surface area contributed by atoms with Crippen molar-refractivity contribution in [2.75, 3.05) is 31.6 Å². The normalized spacial score (nSPS) is 18.4. The third-order valence-electron chi connectivity index (χ3n) is 6.38. The van der Waals surface area contributed by atoms with E-state index < -0.39 is 0 Å². The number of rotatable bonds is 3. The molecule has 4 rings (SSSR count). The maximum absolute atomic E-state index is 13.3. The summed E-state index contributed by atoms with van der Waals surface area (Å²) in [5.74, 6) is 0. The van der Waals surface area contributed by atoms with Gasteiger partial charge in [0.15, 0.2) is 0 Å². The summed E-state index contributed by atoms with van der Waals surface area (Å²) in [6, 6.07) is 14.4. The average molecular weight is 404 g/mol. The highest BCUT2D eigenvalue weighted by Gasteiger charge is 2.41. The van der Waals surface area contributed by atoms with Crippen molar-refractivity contribution in [2.24, 2.45) is 0 Å². The van der Waals surface area contributed by atoms with Crippen molar-refractivity contribution in [1.29, 1.82) is 5.26 Å². The number of piperidine rings is 1. The molecule has 0 spiro atoms. The highest BCUT2D eigenvalue weighted by Crippen LogP contribution is 2.39. The number of likely N-dealkylation sites (tertiary alicyclic amines) is 1. The first-order valence-electron chi connectivity index (χ1n) is 10.6. The van der Waals surface area contributed by atoms with Crippen molar-refractivity contribution < 1.29 is 4.79 Å². The Morgan fingerprint density at radius 1 is 1.23 bits per heavy atom. The summed E-state index contributed by atoms with van der Waals surface area (Å²) in [4.78, 5) is 24.1. The van der Waals surface area contributed by atoms with Crippen molar-refractivity contribution in [1.82, 2.24) is 14.8 Å². The number of nitriles is 1. The summed E-state index contributed by atoms with van der Waals surface area (Å²) in [5.41, 5.74) is 3.74. The van der Waals surface area contributed by atoms with Crippen LogP contribution in [0.2, 0.25) is 0 Å². The van der Waals surface area contributed by atoms with Crippen LogP contribution >= 0.6 is 0 Å². The maximum atomic E-state index is 13.3. The first kappa shape index (κ1) is 20.4. The van der Waals surface area contributed by atoms with Crippen LogP contribution in [0.4, 0.5) is 10.5 Å². The SMILES string of the molecule is CN(Cc1ccc(C#N)cc1)C1CCN(C(=O)N2CC(C)(C)c3ncccc32)CC1. The molecule has 2 amide bonds. The number of anilines is 1. The lowest BCUT2D eigenvalue weighted by Crippen LogP contribution is -2.50. The van der Waals surface area contributed by atoms with E-state index in [0.717, 1.165) is 43.9 Å². The standard InChI is InChI=1S/C24H29N5O/c1-24(2)17-29(21-5-4-12-26-22(21)24)23(30)28-13-10-20(11-14-28)27(3)16-19-8-6-18(15-25)7-9-19/h4-9,12,20H,10-11,13-14,16-17H2,1-3H3. The van der Waals surface area contributed by atoms with E-state index >= 15 is 0 Å². The van der Waals surface area contributed by atoms with Crippen LogP contribution in [0.1, 0.15) is 43.5 Å². The molecule has 30 heavy (non-hydrogen) atoms. The molecule has 0 bridgehead atoms. The van der Waals surface area contributed by atoms with Gasteiger partial charge in [-0.3, -0.25) is 14.8 Å². The molecule has 0 radical (unpaired) electrons. The van der Waals surface area contributed by atoms with E-state index in [0.29, 0.717) is 18.2 Å². The van der Waals surface area contributed by atoms with Gasteiger partial charge in [0.05, 0.1) is 23.0 Å². The van der Waals surface area contributed by atoms with E-state index in [4.69, 9.17) is 5.26 Å². The van der Waals surface area contributed by atoms with Crippen LogP contribution in [0.15, 0.2) is 42.6 Å². The Balaban J connectivity index is 1.35. The fourth-order valence-corrected chi connectivity index (χ4v) is 4.63. The van der Waals surface area contributed by atoms with E-state index in [1.165, 1.54) is 5.56 Å². The monoisotopic (exact) mass is 403 g/mol. The number of benzene rings is 1. The van der Waals surface area contributed by atoms with E-state index in [-0.39, 0.29) is 11.4 Å². The molecule has 1 fully saturated rings. The predicted octanol–water partition coefficient (Wildman–Crippen LogP) is 3.77. The Morgan fingerprint density at radius 3 is 2.60 bits per heavy atom. The highest BCUT2D eigenvalue weighted by atomic mass is 16.2. The van der Waals surface area contributed by atoms with Gasteiger partial charge in [0.1, 0.15) is 0 Å². The quantitative estimate of drug-likeness (QED) is 0.783. The molecule has 1 saturated heterocycles. The molecule has 6 heteroatoms. The second-order valence-corrected chi connectivity index (χ2v) is 9.07. The summed E-state index contributed by atoms with van der Waals surface area (Å²) < 4.78 is 0. The lowest BCUT2D eigenvalue weighted by Gasteiger charge is -2.38. The fourth-order valence-electron chi connectivity index (χ4n) is 4.63. The predicted molar refractivity (Wildman–Crippen MR) is 117 cm³/mol. The Labute approximate surface area is 178 Å². The zero-order chi connectivity index (χ0) is 21.3. The molecule has 1 aromatic carbocycles. The molecular formula is C24H29N5O. The number of hydrogen-bond acceptors (Lipinski definition) is 4. The molecule has 2 aromatic rings. The summed E-state index contributed by atoms with van der Waals surface area (Å²) in [7, 11) is 2.14. The van der Waals surface area contributed by atoms with Crippen LogP contribution in [0, 0.1) is 11.3 Å². The molecule has 2 aliphatic rings. The molecule has 0 saturated carbocycles. The summed E-state index contributed by atoms with van der Waals surface area (Å²) in [6.07, 6.45) is 3.75. The third kappa shape index (κ3) is 3.90. The van der Waals surface area contributed by atoms with Crippen molar-refractivity contribution in [3.05, 3.63) is 59.4 Å². The molecule has 0 atom stereocenters. The van der Waals surface area contributed by atoms with Gasteiger partial charge in [-0.25, -0.2) is 4.79 Å². The van der Waals surface area contributed by atoms with Crippen LogP contribution < -0.4 is 4.90 Å². The van der Waals surface area contributed by atoms with E-state index in [1.54, 1.807) is 0 Å². The molecule has 1 aromatic heterocycles. The van der Waals surface area contributed by atoms with Gasteiger partial charge in [0, 0.05) is 43.8 Å². The smallest absolute Gasteiger partial charge is 0.324 e. The van der Waals surface area contributed by atoms with Crippen molar-refractivity contribution >= 4 is 11.7 Å². The van der Waals surface area contributed by atoms with Crippen molar-refractivity contribution in [3.63, 3.8) is 0 Å².